The first-order valence-corrected chi connectivity index (χ1v) is 4.40. The summed E-state index contributed by atoms with van der Waals surface area (Å²) < 4.78 is 6.72. The largest absolute Gasteiger partial charge is 0.377 e. The molecule has 0 amide bonds. The van der Waals surface area contributed by atoms with E-state index in [2.05, 4.69) is 15.3 Å². The third-order valence-corrected chi connectivity index (χ3v) is 2.17. The van der Waals surface area contributed by atoms with Crippen LogP contribution in [0.2, 0.25) is 0 Å². The number of ether oxygens (including phenoxy) is 1. The van der Waals surface area contributed by atoms with E-state index in [0.717, 1.165) is 22.7 Å². The predicted molar refractivity (Wildman–Crippen MR) is 51.0 cm³/mol. The van der Waals surface area contributed by atoms with Crippen LogP contribution in [0.3, 0.4) is 0 Å². The van der Waals surface area contributed by atoms with Crippen LogP contribution in [0.15, 0.2) is 6.07 Å². The average Bonchev–Trinajstić information content (AvgIpc) is 2.51. The number of methoxy groups -OCH3 is 1. The van der Waals surface area contributed by atoms with Gasteiger partial charge in [-0.1, -0.05) is 0 Å². The van der Waals surface area contributed by atoms with E-state index in [9.17, 15) is 0 Å². The number of aromatic nitrogens is 4. The second-order valence-electron chi connectivity index (χ2n) is 3.23. The van der Waals surface area contributed by atoms with Gasteiger partial charge in [0.2, 0.25) is 0 Å². The van der Waals surface area contributed by atoms with Gasteiger partial charge in [0.15, 0.2) is 11.5 Å². The molecule has 0 radical (unpaired) electrons. The summed E-state index contributed by atoms with van der Waals surface area (Å²) in [5, 5.41) is 12.4. The van der Waals surface area contributed by atoms with Gasteiger partial charge in [0.25, 0.3) is 0 Å². The molecule has 0 bridgehead atoms. The highest BCUT2D eigenvalue weighted by Crippen LogP contribution is 2.08. The monoisotopic (exact) mass is 192 g/mol. The molecule has 14 heavy (non-hydrogen) atoms. The molecule has 0 fully saturated rings. The number of nitrogens with zero attached hydrogens (tertiary/aromatic N) is 4. The van der Waals surface area contributed by atoms with E-state index >= 15 is 0 Å². The lowest BCUT2D eigenvalue weighted by molar-refractivity contribution is 0.176. The Balaban J connectivity index is 2.61. The topological polar surface area (TPSA) is 52.3 Å². The molecule has 0 aliphatic rings. The lowest BCUT2D eigenvalue weighted by Gasteiger charge is -2.01. The van der Waals surface area contributed by atoms with E-state index < -0.39 is 0 Å². The highest BCUT2D eigenvalue weighted by molar-refractivity contribution is 5.40. The van der Waals surface area contributed by atoms with Crippen molar-refractivity contribution < 1.29 is 4.74 Å². The molecule has 0 atom stereocenters. The Morgan fingerprint density at radius 3 is 2.86 bits per heavy atom. The molecule has 2 aromatic rings. The van der Waals surface area contributed by atoms with Crippen molar-refractivity contribution in [2.75, 3.05) is 7.11 Å². The fourth-order valence-electron chi connectivity index (χ4n) is 1.27. The van der Waals surface area contributed by atoms with Crippen molar-refractivity contribution >= 4 is 5.65 Å². The van der Waals surface area contributed by atoms with Gasteiger partial charge in [-0.25, -0.2) is 0 Å². The fourth-order valence-corrected chi connectivity index (χ4v) is 1.27. The van der Waals surface area contributed by atoms with E-state index in [1.807, 2.05) is 19.9 Å². The first-order chi connectivity index (χ1) is 6.72. The standard InChI is InChI=1S/C9H12N4O/c1-6-4-8-10-11-9(5-14-3)13(8)12-7(6)2/h4H,5H2,1-3H3. The van der Waals surface area contributed by atoms with Gasteiger partial charge in [-0.2, -0.15) is 9.61 Å². The summed E-state index contributed by atoms with van der Waals surface area (Å²) >= 11 is 0. The van der Waals surface area contributed by atoms with Crippen LogP contribution in [0.1, 0.15) is 17.1 Å². The Morgan fingerprint density at radius 1 is 1.36 bits per heavy atom. The molecule has 74 valence electrons. The summed E-state index contributed by atoms with van der Waals surface area (Å²) in [6.45, 7) is 4.40. The first-order valence-electron chi connectivity index (χ1n) is 4.40. The Kier molecular flexibility index (Phi) is 2.17. The Labute approximate surface area is 81.7 Å². The molecule has 2 aromatic heterocycles. The summed E-state index contributed by atoms with van der Waals surface area (Å²) in [5.74, 6) is 0.727. The minimum atomic E-state index is 0.427. The van der Waals surface area contributed by atoms with Gasteiger partial charge in [0, 0.05) is 7.11 Å². The summed E-state index contributed by atoms with van der Waals surface area (Å²) in [6, 6.07) is 1.97. The molecule has 5 heteroatoms. The number of aryl methyl sites for hydroxylation is 2. The second kappa shape index (κ2) is 3.34. The zero-order chi connectivity index (χ0) is 10.1. The van der Waals surface area contributed by atoms with Gasteiger partial charge in [-0.3, -0.25) is 0 Å². The minimum Gasteiger partial charge on any atom is -0.377 e. The van der Waals surface area contributed by atoms with Gasteiger partial charge < -0.3 is 4.74 Å². The molecular weight excluding hydrogens is 180 g/mol. The zero-order valence-electron chi connectivity index (χ0n) is 8.48. The van der Waals surface area contributed by atoms with E-state index in [-0.39, 0.29) is 0 Å². The third kappa shape index (κ3) is 1.35. The van der Waals surface area contributed by atoms with Gasteiger partial charge >= 0.3 is 0 Å². The minimum absolute atomic E-state index is 0.427. The molecule has 0 spiro atoms. The highest BCUT2D eigenvalue weighted by Gasteiger charge is 2.07. The van der Waals surface area contributed by atoms with Crippen molar-refractivity contribution in [2.24, 2.45) is 0 Å². The lowest BCUT2D eigenvalue weighted by atomic mass is 10.2. The van der Waals surface area contributed by atoms with Crippen LogP contribution in [-0.2, 0) is 11.3 Å². The maximum atomic E-state index is 5.00. The molecule has 0 N–H and O–H groups in total. The normalized spacial score (nSPS) is 11.1. The molecule has 0 saturated heterocycles. The van der Waals surface area contributed by atoms with Crippen molar-refractivity contribution in [1.82, 2.24) is 19.8 Å². The SMILES string of the molecule is COCc1nnc2cc(C)c(C)nn12. The second-order valence-corrected chi connectivity index (χ2v) is 3.23. The molecule has 0 aliphatic carbocycles. The van der Waals surface area contributed by atoms with Crippen molar-refractivity contribution in [3.8, 4) is 0 Å². The van der Waals surface area contributed by atoms with E-state index in [0.29, 0.717) is 6.61 Å². The molecule has 0 unspecified atom stereocenters. The van der Waals surface area contributed by atoms with Crippen molar-refractivity contribution in [2.45, 2.75) is 20.5 Å². The predicted octanol–water partition coefficient (Wildman–Crippen LogP) is 0.888. The summed E-state index contributed by atoms with van der Waals surface area (Å²) in [5.41, 5.74) is 2.86. The van der Waals surface area contributed by atoms with Crippen LogP contribution in [0, 0.1) is 13.8 Å². The number of fused-ring (bicyclic) bond motifs is 1. The number of hydrogen-bond donors (Lipinski definition) is 0. The van der Waals surface area contributed by atoms with Gasteiger partial charge in [0.05, 0.1) is 5.69 Å². The van der Waals surface area contributed by atoms with E-state index in [1.165, 1.54) is 0 Å². The van der Waals surface area contributed by atoms with Gasteiger partial charge in [0.1, 0.15) is 6.61 Å². The van der Waals surface area contributed by atoms with Crippen LogP contribution in [0.4, 0.5) is 0 Å². The molecular formula is C9H12N4O. The van der Waals surface area contributed by atoms with Crippen LogP contribution >= 0.6 is 0 Å². The molecule has 2 heterocycles. The Morgan fingerprint density at radius 2 is 2.14 bits per heavy atom. The smallest absolute Gasteiger partial charge is 0.180 e. The average molecular weight is 192 g/mol. The quantitative estimate of drug-likeness (QED) is 0.709. The van der Waals surface area contributed by atoms with E-state index in [4.69, 9.17) is 4.74 Å². The highest BCUT2D eigenvalue weighted by atomic mass is 16.5. The van der Waals surface area contributed by atoms with Gasteiger partial charge in [-0.15, -0.1) is 10.2 Å². The maximum absolute atomic E-state index is 5.00. The zero-order valence-corrected chi connectivity index (χ0v) is 8.48. The maximum Gasteiger partial charge on any atom is 0.180 e. The molecule has 5 nitrogen and oxygen atoms in total. The molecule has 0 aromatic carbocycles. The van der Waals surface area contributed by atoms with Gasteiger partial charge in [-0.05, 0) is 25.5 Å². The molecule has 0 saturated carbocycles. The summed E-state index contributed by atoms with van der Waals surface area (Å²) in [7, 11) is 1.63. The summed E-state index contributed by atoms with van der Waals surface area (Å²) in [4.78, 5) is 0. The third-order valence-electron chi connectivity index (χ3n) is 2.17. The fraction of sp³-hybridized carbons (Fsp3) is 0.444. The Bertz CT molecular complexity index is 463. The van der Waals surface area contributed by atoms with Crippen LogP contribution in [0.5, 0.6) is 0 Å². The van der Waals surface area contributed by atoms with Crippen LogP contribution in [0.25, 0.3) is 5.65 Å². The number of hydrogen-bond acceptors (Lipinski definition) is 4. The van der Waals surface area contributed by atoms with Crippen molar-refractivity contribution in [1.29, 1.82) is 0 Å². The number of rotatable bonds is 2. The van der Waals surface area contributed by atoms with Crippen LogP contribution in [-0.4, -0.2) is 26.9 Å². The lowest BCUT2D eigenvalue weighted by Crippen LogP contribution is -2.02. The Hall–Kier alpha value is -1.49. The molecule has 0 aliphatic heterocycles. The van der Waals surface area contributed by atoms with Crippen LogP contribution < -0.4 is 0 Å². The molecule has 2 rings (SSSR count). The van der Waals surface area contributed by atoms with Crippen molar-refractivity contribution in [3.63, 3.8) is 0 Å². The first kappa shape index (κ1) is 9.08. The summed E-state index contributed by atoms with van der Waals surface area (Å²) in [6.07, 6.45) is 0. The van der Waals surface area contributed by atoms with Crippen molar-refractivity contribution in [3.05, 3.63) is 23.1 Å². The van der Waals surface area contributed by atoms with E-state index in [1.54, 1.807) is 11.6 Å².